The molecule has 1 N–H and O–H groups in total. The van der Waals surface area contributed by atoms with Crippen LogP contribution in [0.4, 0.5) is 5.69 Å². The van der Waals surface area contributed by atoms with Crippen LogP contribution in [0.2, 0.25) is 5.02 Å². The van der Waals surface area contributed by atoms with Gasteiger partial charge in [0.25, 0.3) is 0 Å². The zero-order valence-corrected chi connectivity index (χ0v) is 10.8. The van der Waals surface area contributed by atoms with Gasteiger partial charge in [0.15, 0.2) is 0 Å². The van der Waals surface area contributed by atoms with Gasteiger partial charge in [0.2, 0.25) is 0 Å². The largest absolute Gasteiger partial charge is 0.495 e. The van der Waals surface area contributed by atoms with Crippen molar-refractivity contribution in [1.82, 2.24) is 5.32 Å². The number of hydrogen-bond acceptors (Lipinski definition) is 3. The Hall–Kier alpha value is -0.930. The minimum atomic E-state index is 0.728. The standard InChI is InChI=1S/C12H19ClN2O/c1-4-14-7-8-15(2)11-9-10(13)5-6-12(11)16-3/h5-6,9,14H,4,7-8H2,1-3H3. The molecule has 0 atom stereocenters. The molecule has 90 valence electrons. The maximum atomic E-state index is 5.98. The SMILES string of the molecule is CCNCCN(C)c1cc(Cl)ccc1OC. The van der Waals surface area contributed by atoms with Crippen molar-refractivity contribution >= 4 is 17.3 Å². The molecule has 0 spiro atoms. The molecule has 0 amide bonds. The van der Waals surface area contributed by atoms with Crippen LogP contribution < -0.4 is 15.0 Å². The van der Waals surface area contributed by atoms with Crippen LogP contribution in [0.3, 0.4) is 0 Å². The van der Waals surface area contributed by atoms with Crippen molar-refractivity contribution in [1.29, 1.82) is 0 Å². The van der Waals surface area contributed by atoms with Gasteiger partial charge in [0.1, 0.15) is 5.75 Å². The number of halogens is 1. The molecular weight excluding hydrogens is 224 g/mol. The first-order valence-corrected chi connectivity index (χ1v) is 5.82. The lowest BCUT2D eigenvalue weighted by atomic mass is 10.2. The first-order valence-electron chi connectivity index (χ1n) is 5.44. The minimum Gasteiger partial charge on any atom is -0.495 e. The summed E-state index contributed by atoms with van der Waals surface area (Å²) in [5, 5.41) is 4.01. The number of benzene rings is 1. The van der Waals surface area contributed by atoms with Crippen LogP contribution in [0, 0.1) is 0 Å². The average molecular weight is 243 g/mol. The lowest BCUT2D eigenvalue weighted by Gasteiger charge is -2.22. The van der Waals surface area contributed by atoms with Gasteiger partial charge in [-0.2, -0.15) is 0 Å². The summed E-state index contributed by atoms with van der Waals surface area (Å²) in [6.45, 7) is 4.95. The summed E-state index contributed by atoms with van der Waals surface area (Å²) in [6, 6.07) is 5.65. The predicted molar refractivity (Wildman–Crippen MR) is 69.8 cm³/mol. The predicted octanol–water partition coefficient (Wildman–Crippen LogP) is 2.39. The van der Waals surface area contributed by atoms with Gasteiger partial charge in [0.05, 0.1) is 12.8 Å². The van der Waals surface area contributed by atoms with E-state index >= 15 is 0 Å². The summed E-state index contributed by atoms with van der Waals surface area (Å²) < 4.78 is 5.31. The smallest absolute Gasteiger partial charge is 0.142 e. The number of ether oxygens (including phenoxy) is 1. The first-order chi connectivity index (χ1) is 7.69. The molecule has 4 heteroatoms. The molecule has 0 aliphatic heterocycles. The maximum absolute atomic E-state index is 5.98. The van der Waals surface area contributed by atoms with Gasteiger partial charge in [-0.25, -0.2) is 0 Å². The van der Waals surface area contributed by atoms with E-state index in [2.05, 4.69) is 17.1 Å². The topological polar surface area (TPSA) is 24.5 Å². The number of anilines is 1. The molecule has 1 aromatic carbocycles. The Kier molecular flexibility index (Phi) is 5.43. The third-order valence-electron chi connectivity index (χ3n) is 2.43. The fourth-order valence-electron chi connectivity index (χ4n) is 1.51. The van der Waals surface area contributed by atoms with Crippen LogP contribution in [0.1, 0.15) is 6.92 Å². The van der Waals surface area contributed by atoms with Crippen molar-refractivity contribution < 1.29 is 4.74 Å². The van der Waals surface area contributed by atoms with Crippen LogP contribution in [0.15, 0.2) is 18.2 Å². The van der Waals surface area contributed by atoms with Gasteiger partial charge in [-0.05, 0) is 24.7 Å². The number of nitrogens with zero attached hydrogens (tertiary/aromatic N) is 1. The van der Waals surface area contributed by atoms with E-state index in [4.69, 9.17) is 16.3 Å². The molecule has 0 unspecified atom stereocenters. The monoisotopic (exact) mass is 242 g/mol. The highest BCUT2D eigenvalue weighted by molar-refractivity contribution is 6.30. The van der Waals surface area contributed by atoms with Crippen molar-refractivity contribution in [3.05, 3.63) is 23.2 Å². The summed E-state index contributed by atoms with van der Waals surface area (Å²) in [5.74, 6) is 0.850. The summed E-state index contributed by atoms with van der Waals surface area (Å²) >= 11 is 5.98. The number of likely N-dealkylation sites (N-methyl/N-ethyl adjacent to an activating group) is 2. The highest BCUT2D eigenvalue weighted by atomic mass is 35.5. The molecule has 3 nitrogen and oxygen atoms in total. The summed E-state index contributed by atoms with van der Waals surface area (Å²) in [6.07, 6.45) is 0. The third kappa shape index (κ3) is 3.58. The molecular formula is C12H19ClN2O. The average Bonchev–Trinajstić information content (AvgIpc) is 2.29. The van der Waals surface area contributed by atoms with E-state index in [0.29, 0.717) is 0 Å². The van der Waals surface area contributed by atoms with E-state index in [9.17, 15) is 0 Å². The first kappa shape index (κ1) is 13.1. The molecule has 0 saturated heterocycles. The summed E-state index contributed by atoms with van der Waals surface area (Å²) in [5.41, 5.74) is 1.02. The second kappa shape index (κ2) is 6.61. The molecule has 1 rings (SSSR count). The van der Waals surface area contributed by atoms with Crippen molar-refractivity contribution in [3.63, 3.8) is 0 Å². The zero-order valence-electron chi connectivity index (χ0n) is 10.1. The Morgan fingerprint density at radius 2 is 2.19 bits per heavy atom. The molecule has 16 heavy (non-hydrogen) atoms. The number of hydrogen-bond donors (Lipinski definition) is 1. The second-order valence-electron chi connectivity index (χ2n) is 3.59. The van der Waals surface area contributed by atoms with Crippen LogP contribution in [0.25, 0.3) is 0 Å². The zero-order chi connectivity index (χ0) is 12.0. The van der Waals surface area contributed by atoms with Gasteiger partial charge in [0, 0.05) is 25.2 Å². The normalized spacial score (nSPS) is 10.2. The molecule has 0 bridgehead atoms. The van der Waals surface area contributed by atoms with Gasteiger partial charge in [-0.1, -0.05) is 18.5 Å². The molecule has 0 aromatic heterocycles. The van der Waals surface area contributed by atoms with Gasteiger partial charge < -0.3 is 15.0 Å². The highest BCUT2D eigenvalue weighted by Gasteiger charge is 2.08. The molecule has 0 heterocycles. The Morgan fingerprint density at radius 1 is 1.44 bits per heavy atom. The van der Waals surface area contributed by atoms with E-state index in [1.807, 2.05) is 25.2 Å². The lowest BCUT2D eigenvalue weighted by molar-refractivity contribution is 0.415. The Bertz CT molecular complexity index is 331. The van der Waals surface area contributed by atoms with Gasteiger partial charge >= 0.3 is 0 Å². The van der Waals surface area contributed by atoms with Crippen molar-refractivity contribution in [2.75, 3.05) is 38.7 Å². The second-order valence-corrected chi connectivity index (χ2v) is 4.03. The molecule has 0 aliphatic rings. The van der Waals surface area contributed by atoms with Crippen LogP contribution in [-0.2, 0) is 0 Å². The number of methoxy groups -OCH3 is 1. The number of nitrogens with one attached hydrogen (secondary N) is 1. The van der Waals surface area contributed by atoms with Gasteiger partial charge in [-0.3, -0.25) is 0 Å². The Morgan fingerprint density at radius 3 is 2.81 bits per heavy atom. The van der Waals surface area contributed by atoms with Crippen LogP contribution in [-0.4, -0.2) is 33.8 Å². The number of rotatable bonds is 6. The third-order valence-corrected chi connectivity index (χ3v) is 2.66. The van der Waals surface area contributed by atoms with Crippen LogP contribution >= 0.6 is 11.6 Å². The van der Waals surface area contributed by atoms with E-state index < -0.39 is 0 Å². The summed E-state index contributed by atoms with van der Waals surface area (Å²) in [7, 11) is 3.70. The van der Waals surface area contributed by atoms with Crippen molar-refractivity contribution in [2.45, 2.75) is 6.92 Å². The van der Waals surface area contributed by atoms with E-state index in [1.54, 1.807) is 7.11 Å². The molecule has 0 saturated carbocycles. The Labute approximate surface area is 102 Å². The van der Waals surface area contributed by atoms with Crippen LogP contribution in [0.5, 0.6) is 5.75 Å². The highest BCUT2D eigenvalue weighted by Crippen LogP contribution is 2.30. The van der Waals surface area contributed by atoms with Crippen molar-refractivity contribution in [2.24, 2.45) is 0 Å². The fourth-order valence-corrected chi connectivity index (χ4v) is 1.67. The quantitative estimate of drug-likeness (QED) is 0.776. The maximum Gasteiger partial charge on any atom is 0.142 e. The fraction of sp³-hybridized carbons (Fsp3) is 0.500. The molecule has 0 aliphatic carbocycles. The minimum absolute atomic E-state index is 0.728. The van der Waals surface area contributed by atoms with E-state index in [1.165, 1.54) is 0 Å². The summed E-state index contributed by atoms with van der Waals surface area (Å²) in [4.78, 5) is 2.13. The molecule has 0 radical (unpaired) electrons. The molecule has 0 fully saturated rings. The Balaban J connectivity index is 2.72. The molecule has 1 aromatic rings. The van der Waals surface area contributed by atoms with E-state index in [0.717, 1.165) is 36.1 Å². The van der Waals surface area contributed by atoms with Gasteiger partial charge in [-0.15, -0.1) is 0 Å². The lowest BCUT2D eigenvalue weighted by Crippen LogP contribution is -2.29. The van der Waals surface area contributed by atoms with Crippen molar-refractivity contribution in [3.8, 4) is 5.75 Å². The van der Waals surface area contributed by atoms with E-state index in [-0.39, 0.29) is 0 Å².